The lowest BCUT2D eigenvalue weighted by molar-refractivity contribution is -0.130. The Labute approximate surface area is 138 Å². The lowest BCUT2D eigenvalue weighted by Gasteiger charge is -2.40. The molecule has 2 rings (SSSR count). The van der Waals surface area contributed by atoms with Gasteiger partial charge in [-0.3, -0.25) is 4.79 Å². The second-order valence-corrected chi connectivity index (χ2v) is 7.49. The van der Waals surface area contributed by atoms with Crippen LogP contribution in [0.1, 0.15) is 13.8 Å². The van der Waals surface area contributed by atoms with E-state index in [2.05, 4.69) is 0 Å². The fourth-order valence-electron chi connectivity index (χ4n) is 2.78. The number of halogens is 1. The number of rotatable bonds is 3. The molecule has 2 fully saturated rings. The minimum absolute atomic E-state index is 0. The summed E-state index contributed by atoms with van der Waals surface area (Å²) in [5, 5.41) is 0. The Balaban J connectivity index is 0.00000242. The van der Waals surface area contributed by atoms with E-state index in [9.17, 15) is 13.2 Å². The lowest BCUT2D eigenvalue weighted by atomic mass is 10.3. The van der Waals surface area contributed by atoms with E-state index in [-0.39, 0.29) is 37.1 Å². The van der Waals surface area contributed by atoms with Crippen LogP contribution in [0.25, 0.3) is 0 Å². The number of hydrogen-bond acceptors (Lipinski definition) is 5. The highest BCUT2D eigenvalue weighted by Gasteiger charge is 2.37. The highest BCUT2D eigenvalue weighted by molar-refractivity contribution is 7.86. The number of piperazine rings is 1. The van der Waals surface area contributed by atoms with E-state index in [0.29, 0.717) is 39.3 Å². The van der Waals surface area contributed by atoms with Crippen molar-refractivity contribution in [2.45, 2.75) is 26.1 Å². The molecule has 2 aliphatic rings. The van der Waals surface area contributed by atoms with Crippen LogP contribution in [0.5, 0.6) is 0 Å². The fraction of sp³-hybridized carbons (Fsp3) is 0.917. The van der Waals surface area contributed by atoms with Crippen LogP contribution < -0.4 is 5.73 Å². The van der Waals surface area contributed by atoms with Gasteiger partial charge in [0, 0.05) is 39.3 Å². The first-order chi connectivity index (χ1) is 9.84. The van der Waals surface area contributed by atoms with Gasteiger partial charge in [-0.1, -0.05) is 0 Å². The van der Waals surface area contributed by atoms with Crippen LogP contribution in [0.3, 0.4) is 0 Å². The molecular weight excluding hydrogens is 332 g/mol. The topological polar surface area (TPSA) is 96.2 Å². The molecule has 2 saturated heterocycles. The molecule has 2 aliphatic heterocycles. The quantitative estimate of drug-likeness (QED) is 0.690. The van der Waals surface area contributed by atoms with Gasteiger partial charge in [0.1, 0.15) is 0 Å². The molecule has 0 aliphatic carbocycles. The first-order valence-corrected chi connectivity index (χ1v) is 8.62. The summed E-state index contributed by atoms with van der Waals surface area (Å²) in [6.45, 7) is 5.86. The van der Waals surface area contributed by atoms with E-state index in [1.807, 2.05) is 13.8 Å². The zero-order chi connectivity index (χ0) is 15.6. The second-order valence-electron chi connectivity index (χ2n) is 5.57. The molecule has 0 bridgehead atoms. The number of carbonyl (C=O) groups is 1. The Morgan fingerprint density at radius 1 is 1.09 bits per heavy atom. The van der Waals surface area contributed by atoms with Crippen molar-refractivity contribution in [3.63, 3.8) is 0 Å². The van der Waals surface area contributed by atoms with Gasteiger partial charge in [-0.05, 0) is 13.8 Å². The molecule has 0 spiro atoms. The van der Waals surface area contributed by atoms with Crippen molar-refractivity contribution < 1.29 is 17.9 Å². The molecule has 1 amide bonds. The lowest BCUT2D eigenvalue weighted by Crippen LogP contribution is -2.58. The summed E-state index contributed by atoms with van der Waals surface area (Å²) in [6.07, 6.45) is -0.215. The molecule has 0 aromatic rings. The van der Waals surface area contributed by atoms with Crippen LogP contribution in [-0.2, 0) is 19.7 Å². The number of hydrogen-bond donors (Lipinski definition) is 1. The van der Waals surface area contributed by atoms with Crippen LogP contribution in [0.2, 0.25) is 0 Å². The average molecular weight is 357 g/mol. The second kappa shape index (κ2) is 7.89. The van der Waals surface area contributed by atoms with Crippen molar-refractivity contribution in [1.82, 2.24) is 13.5 Å². The monoisotopic (exact) mass is 356 g/mol. The van der Waals surface area contributed by atoms with E-state index in [4.69, 9.17) is 10.5 Å². The van der Waals surface area contributed by atoms with Gasteiger partial charge in [0.05, 0.1) is 18.8 Å². The summed E-state index contributed by atoms with van der Waals surface area (Å²) < 4.78 is 33.8. The van der Waals surface area contributed by atoms with Crippen molar-refractivity contribution in [3.05, 3.63) is 0 Å². The molecule has 2 atom stereocenters. The maximum atomic E-state index is 12.6. The summed E-state index contributed by atoms with van der Waals surface area (Å²) in [5.41, 5.74) is 5.33. The Hall–Kier alpha value is -0.450. The minimum Gasteiger partial charge on any atom is -0.373 e. The summed E-state index contributed by atoms with van der Waals surface area (Å²) in [5.74, 6) is -0.138. The largest absolute Gasteiger partial charge is 0.373 e. The number of ether oxygens (including phenoxy) is 1. The van der Waals surface area contributed by atoms with E-state index in [0.717, 1.165) is 0 Å². The molecule has 0 radical (unpaired) electrons. The standard InChI is InChI=1S/C12H24N4O4S.ClH/c1-10-8-16(9-11(2)20-10)21(18,19)15-5-3-14(4-6-15)12(17)7-13;/h10-11H,3-9,13H2,1-2H3;1H. The molecule has 2 heterocycles. The number of nitrogens with two attached hydrogens (primary N) is 1. The van der Waals surface area contributed by atoms with Crippen LogP contribution >= 0.6 is 12.4 Å². The van der Waals surface area contributed by atoms with Crippen LogP contribution in [-0.4, -0.2) is 85.9 Å². The van der Waals surface area contributed by atoms with Crippen LogP contribution in [0, 0.1) is 0 Å². The van der Waals surface area contributed by atoms with Crippen LogP contribution in [0.15, 0.2) is 0 Å². The summed E-state index contributed by atoms with van der Waals surface area (Å²) in [6, 6.07) is 0. The summed E-state index contributed by atoms with van der Waals surface area (Å²) >= 11 is 0. The van der Waals surface area contributed by atoms with E-state index < -0.39 is 10.2 Å². The zero-order valence-electron chi connectivity index (χ0n) is 13.0. The summed E-state index contributed by atoms with van der Waals surface area (Å²) in [7, 11) is -3.49. The normalized spacial score (nSPS) is 28.2. The van der Waals surface area contributed by atoms with Crippen molar-refractivity contribution in [2.24, 2.45) is 5.73 Å². The molecule has 0 aromatic carbocycles. The van der Waals surface area contributed by atoms with Gasteiger partial charge < -0.3 is 15.4 Å². The molecule has 10 heteroatoms. The van der Waals surface area contributed by atoms with Gasteiger partial charge >= 0.3 is 0 Å². The molecule has 0 aromatic heterocycles. The highest BCUT2D eigenvalue weighted by atomic mass is 35.5. The third-order valence-electron chi connectivity index (χ3n) is 3.80. The Bertz CT molecular complexity index is 472. The van der Waals surface area contributed by atoms with Crippen molar-refractivity contribution in [2.75, 3.05) is 45.8 Å². The zero-order valence-corrected chi connectivity index (χ0v) is 14.6. The Kier molecular flexibility index (Phi) is 7.03. The Morgan fingerprint density at radius 2 is 1.59 bits per heavy atom. The SMILES string of the molecule is CC1CN(S(=O)(=O)N2CCN(C(=O)CN)CC2)CC(C)O1.Cl. The summed E-state index contributed by atoms with van der Waals surface area (Å²) in [4.78, 5) is 13.1. The average Bonchev–Trinajstić information content (AvgIpc) is 2.45. The fourth-order valence-corrected chi connectivity index (χ4v) is 4.53. The predicted molar refractivity (Wildman–Crippen MR) is 85.0 cm³/mol. The maximum Gasteiger partial charge on any atom is 0.282 e. The van der Waals surface area contributed by atoms with Gasteiger partial charge in [0.25, 0.3) is 10.2 Å². The minimum atomic E-state index is -3.49. The molecule has 130 valence electrons. The van der Waals surface area contributed by atoms with E-state index in [1.54, 1.807) is 4.90 Å². The number of morpholine rings is 1. The van der Waals surface area contributed by atoms with Gasteiger partial charge in [0.2, 0.25) is 5.91 Å². The maximum absolute atomic E-state index is 12.6. The number of carbonyl (C=O) groups excluding carboxylic acids is 1. The van der Waals surface area contributed by atoms with E-state index in [1.165, 1.54) is 8.61 Å². The van der Waals surface area contributed by atoms with Gasteiger partial charge in [0.15, 0.2) is 0 Å². The van der Waals surface area contributed by atoms with Gasteiger partial charge in [-0.15, -0.1) is 12.4 Å². The number of amides is 1. The van der Waals surface area contributed by atoms with Gasteiger partial charge in [-0.2, -0.15) is 17.0 Å². The smallest absolute Gasteiger partial charge is 0.282 e. The van der Waals surface area contributed by atoms with E-state index >= 15 is 0 Å². The molecule has 8 nitrogen and oxygen atoms in total. The first kappa shape index (κ1) is 19.6. The molecule has 22 heavy (non-hydrogen) atoms. The molecule has 2 unspecified atom stereocenters. The van der Waals surface area contributed by atoms with Crippen molar-refractivity contribution in [1.29, 1.82) is 0 Å². The highest BCUT2D eigenvalue weighted by Crippen LogP contribution is 2.18. The molecular formula is C12H25ClN4O4S. The third-order valence-corrected chi connectivity index (χ3v) is 5.77. The third kappa shape index (κ3) is 4.30. The van der Waals surface area contributed by atoms with Crippen LogP contribution in [0.4, 0.5) is 0 Å². The molecule has 0 saturated carbocycles. The molecule has 2 N–H and O–H groups in total. The number of nitrogens with zero attached hydrogens (tertiary/aromatic N) is 3. The predicted octanol–water partition coefficient (Wildman–Crippen LogP) is -1.13. The first-order valence-electron chi connectivity index (χ1n) is 7.23. The van der Waals surface area contributed by atoms with Gasteiger partial charge in [-0.25, -0.2) is 0 Å². The van der Waals surface area contributed by atoms with Crippen molar-refractivity contribution >= 4 is 28.5 Å². The Morgan fingerprint density at radius 3 is 2.05 bits per heavy atom. The van der Waals surface area contributed by atoms with Crippen molar-refractivity contribution in [3.8, 4) is 0 Å².